The molecule has 2 fully saturated rings. The van der Waals surface area contributed by atoms with Crippen LogP contribution in [0.2, 0.25) is 0 Å². The third kappa shape index (κ3) is 8.81. The Kier molecular flexibility index (Phi) is 12.3. The summed E-state index contributed by atoms with van der Waals surface area (Å²) >= 11 is 0. The average Bonchev–Trinajstić information content (AvgIpc) is 3.21. The van der Waals surface area contributed by atoms with E-state index in [2.05, 4.69) is 22.5 Å². The first-order valence-electron chi connectivity index (χ1n) is 18.7. The highest BCUT2D eigenvalue weighted by Crippen LogP contribution is 2.35. The maximum atomic E-state index is 14.2. The highest BCUT2D eigenvalue weighted by atomic mass is 16.5. The number of para-hydroxylation sites is 1. The summed E-state index contributed by atoms with van der Waals surface area (Å²) < 4.78 is 10.8. The topological polar surface area (TPSA) is 113 Å². The summed E-state index contributed by atoms with van der Waals surface area (Å²) in [5.41, 5.74) is 3.71. The molecule has 53 heavy (non-hydrogen) atoms. The van der Waals surface area contributed by atoms with Gasteiger partial charge >= 0.3 is 6.03 Å². The second-order valence-electron chi connectivity index (χ2n) is 14.1. The van der Waals surface area contributed by atoms with Gasteiger partial charge in [-0.1, -0.05) is 68.7 Å². The van der Waals surface area contributed by atoms with Gasteiger partial charge in [0.15, 0.2) is 0 Å². The third-order valence-corrected chi connectivity index (χ3v) is 10.8. The number of likely N-dealkylation sites (tertiary alicyclic amines) is 1. The smallest absolute Gasteiger partial charge is 0.325 e. The number of benzene rings is 3. The fourth-order valence-electron chi connectivity index (χ4n) is 7.75. The summed E-state index contributed by atoms with van der Waals surface area (Å²) in [5.74, 6) is 1.23. The number of ether oxygens (including phenoxy) is 2. The van der Waals surface area contributed by atoms with Gasteiger partial charge in [-0.15, -0.1) is 0 Å². The predicted octanol–water partition coefficient (Wildman–Crippen LogP) is 7.60. The van der Waals surface area contributed by atoms with Gasteiger partial charge in [-0.2, -0.15) is 0 Å². The van der Waals surface area contributed by atoms with Crippen LogP contribution >= 0.6 is 0 Å². The van der Waals surface area contributed by atoms with Crippen LogP contribution in [0, 0.1) is 11.8 Å². The van der Waals surface area contributed by atoms with Gasteiger partial charge in [-0.3, -0.25) is 14.5 Å². The van der Waals surface area contributed by atoms with E-state index in [4.69, 9.17) is 9.47 Å². The molecule has 4 aromatic rings. The quantitative estimate of drug-likeness (QED) is 0.129. The number of nitrogens with one attached hydrogen (secondary N) is 2. The monoisotopic (exact) mass is 717 g/mol. The van der Waals surface area contributed by atoms with Crippen LogP contribution in [0.1, 0.15) is 68.2 Å². The van der Waals surface area contributed by atoms with Gasteiger partial charge in [0.25, 0.3) is 5.91 Å². The summed E-state index contributed by atoms with van der Waals surface area (Å²) in [7, 11) is 4.99. The van der Waals surface area contributed by atoms with Crippen LogP contribution in [0.25, 0.3) is 0 Å². The fraction of sp³-hybridized carbons (Fsp3) is 0.395. The van der Waals surface area contributed by atoms with Gasteiger partial charge in [0.2, 0.25) is 5.91 Å². The van der Waals surface area contributed by atoms with Crippen LogP contribution < -0.4 is 25.0 Å². The Bertz CT molecular complexity index is 1830. The molecule has 4 atom stereocenters. The lowest BCUT2D eigenvalue weighted by Crippen LogP contribution is -2.71. The van der Waals surface area contributed by atoms with E-state index in [-0.39, 0.29) is 30.3 Å². The first-order chi connectivity index (χ1) is 25.8. The van der Waals surface area contributed by atoms with Gasteiger partial charge in [0, 0.05) is 25.0 Å². The molecule has 10 nitrogen and oxygen atoms in total. The number of imide groups is 1. The molecule has 3 aromatic carbocycles. The summed E-state index contributed by atoms with van der Waals surface area (Å²) in [6, 6.07) is 27.4. The van der Waals surface area contributed by atoms with Gasteiger partial charge in [-0.25, -0.2) is 9.78 Å². The molecule has 1 saturated heterocycles. The van der Waals surface area contributed by atoms with Crippen LogP contribution in [-0.4, -0.2) is 61.1 Å². The van der Waals surface area contributed by atoms with Crippen molar-refractivity contribution in [3.8, 4) is 11.5 Å². The molecule has 1 aliphatic heterocycles. The second-order valence-corrected chi connectivity index (χ2v) is 14.1. The van der Waals surface area contributed by atoms with Crippen molar-refractivity contribution in [1.29, 1.82) is 0 Å². The van der Waals surface area contributed by atoms with Gasteiger partial charge in [0.1, 0.15) is 23.4 Å². The lowest BCUT2D eigenvalue weighted by atomic mass is 9.81. The number of nitrogens with zero attached hydrogens (tertiary/aromatic N) is 3. The van der Waals surface area contributed by atoms with Crippen molar-refractivity contribution in [3.05, 3.63) is 114 Å². The standard InChI is InChI=1S/C43H51N5O5/c1-5-37(31-12-8-6-9-13-31)46-43(51)48-40(42(50)47(2)33-14-10-7-11-15-33)36(41(48)49)26-30-24-25-44-39(28-30)45-38(32-18-22-35(53-4)23-19-32)27-29-16-20-34(52-3)21-17-29/h7,10-11,14-25,28,31,36-38,40H,5-6,8-9,12-13,26-27H2,1-4H3,(H,44,45)(H,46,51)/t36-,37-,38?,40+/m1/s1. The Balaban J connectivity index is 1.23. The molecule has 0 radical (unpaired) electrons. The summed E-state index contributed by atoms with van der Waals surface area (Å²) in [5, 5.41) is 6.77. The number of likely N-dealkylation sites (N-methyl/N-ethyl adjacent to an activating group) is 1. The van der Waals surface area contributed by atoms with E-state index < -0.39 is 18.0 Å². The van der Waals surface area contributed by atoms with Crippen molar-refractivity contribution in [1.82, 2.24) is 15.2 Å². The lowest BCUT2D eigenvalue weighted by Gasteiger charge is -2.46. The number of rotatable bonds is 14. The van der Waals surface area contributed by atoms with Gasteiger partial charge in [-0.05, 0) is 103 Å². The number of hydrogen-bond acceptors (Lipinski definition) is 7. The zero-order valence-corrected chi connectivity index (χ0v) is 31.2. The molecule has 1 aromatic heterocycles. The van der Waals surface area contributed by atoms with Gasteiger partial charge < -0.3 is 25.0 Å². The third-order valence-electron chi connectivity index (χ3n) is 10.8. The minimum absolute atomic E-state index is 0.0392. The predicted molar refractivity (Wildman–Crippen MR) is 207 cm³/mol. The van der Waals surface area contributed by atoms with Crippen molar-refractivity contribution in [2.45, 2.75) is 76.4 Å². The highest BCUT2D eigenvalue weighted by Gasteiger charge is 2.55. The van der Waals surface area contributed by atoms with Crippen molar-refractivity contribution in [2.24, 2.45) is 11.8 Å². The highest BCUT2D eigenvalue weighted by molar-refractivity contribution is 6.12. The normalized spacial score (nSPS) is 18.3. The molecular weight excluding hydrogens is 667 g/mol. The van der Waals surface area contributed by atoms with Crippen LogP contribution in [0.3, 0.4) is 0 Å². The SMILES string of the molecule is CC[C@@H](NC(=O)N1C(=O)[C@H](Cc2ccnc(NC(Cc3ccc(OC)cc3)c3ccc(OC)cc3)c2)[C@H]1C(=O)N(C)c1ccccc1)C1CCCCC1. The van der Waals surface area contributed by atoms with Crippen molar-refractivity contribution < 1.29 is 23.9 Å². The van der Waals surface area contributed by atoms with Gasteiger partial charge in [0.05, 0.1) is 26.2 Å². The van der Waals surface area contributed by atoms with E-state index in [1.54, 1.807) is 32.4 Å². The van der Waals surface area contributed by atoms with Crippen molar-refractivity contribution in [3.63, 3.8) is 0 Å². The molecule has 278 valence electrons. The second kappa shape index (κ2) is 17.4. The Labute approximate surface area is 312 Å². The van der Waals surface area contributed by atoms with Crippen LogP contribution in [0.15, 0.2) is 97.2 Å². The Morgan fingerprint density at radius 3 is 2.19 bits per heavy atom. The van der Waals surface area contributed by atoms with E-state index in [1.807, 2.05) is 91.0 Å². The summed E-state index contributed by atoms with van der Waals surface area (Å²) in [4.78, 5) is 49.3. The molecule has 2 N–H and O–H groups in total. The average molecular weight is 718 g/mol. The van der Waals surface area contributed by atoms with E-state index in [9.17, 15) is 14.4 Å². The number of pyridine rings is 1. The molecule has 4 amide bonds. The molecule has 1 saturated carbocycles. The molecule has 6 rings (SSSR count). The van der Waals surface area contributed by atoms with E-state index in [0.29, 0.717) is 23.8 Å². The number of carbonyl (C=O) groups is 3. The number of urea groups is 1. The van der Waals surface area contributed by atoms with E-state index >= 15 is 0 Å². The summed E-state index contributed by atoms with van der Waals surface area (Å²) in [6.45, 7) is 2.07. The van der Waals surface area contributed by atoms with Crippen LogP contribution in [-0.2, 0) is 22.4 Å². The number of methoxy groups -OCH3 is 2. The number of anilines is 2. The zero-order valence-electron chi connectivity index (χ0n) is 31.2. The molecule has 10 heteroatoms. The fourth-order valence-corrected chi connectivity index (χ4v) is 7.75. The van der Waals surface area contributed by atoms with Crippen LogP contribution in [0.5, 0.6) is 11.5 Å². The Morgan fingerprint density at radius 2 is 1.55 bits per heavy atom. The maximum absolute atomic E-state index is 14.2. The molecule has 2 aliphatic rings. The van der Waals surface area contributed by atoms with Crippen molar-refractivity contribution >= 4 is 29.4 Å². The molecule has 1 aliphatic carbocycles. The number of hydrogen-bond donors (Lipinski definition) is 2. The van der Waals surface area contributed by atoms with Crippen molar-refractivity contribution in [2.75, 3.05) is 31.5 Å². The maximum Gasteiger partial charge on any atom is 0.325 e. The molecule has 0 bridgehead atoms. The minimum Gasteiger partial charge on any atom is -0.497 e. The largest absolute Gasteiger partial charge is 0.497 e. The molecular formula is C43H51N5O5. The Hall–Kier alpha value is -5.38. The number of aromatic nitrogens is 1. The number of amides is 4. The number of β-lactam (4-membered cyclic amide) rings is 1. The minimum atomic E-state index is -0.941. The van der Waals surface area contributed by atoms with Crippen LogP contribution in [0.4, 0.5) is 16.3 Å². The number of carbonyl (C=O) groups excluding carboxylic acids is 3. The molecule has 2 heterocycles. The lowest BCUT2D eigenvalue weighted by molar-refractivity contribution is -0.156. The first kappa shape index (κ1) is 37.4. The van der Waals surface area contributed by atoms with E-state index in [1.165, 1.54) is 6.42 Å². The summed E-state index contributed by atoms with van der Waals surface area (Å²) in [6.07, 6.45) is 9.08. The van der Waals surface area contributed by atoms with E-state index in [0.717, 1.165) is 65.2 Å². The zero-order chi connectivity index (χ0) is 37.3. The molecule has 1 unspecified atom stereocenters. The molecule has 0 spiro atoms. The Morgan fingerprint density at radius 1 is 0.887 bits per heavy atom. The first-order valence-corrected chi connectivity index (χ1v) is 18.7.